The average Bonchev–Trinajstić information content (AvgIpc) is 2.77. The van der Waals surface area contributed by atoms with Crippen LogP contribution in [-0.4, -0.2) is 49.5 Å². The zero-order valence-electron chi connectivity index (χ0n) is 17.5. The monoisotopic (exact) mass is 427 g/mol. The largest absolute Gasteiger partial charge is 0.461 e. The molecule has 0 aliphatic rings. The molecular formula is C22H25N3O6. The van der Waals surface area contributed by atoms with Gasteiger partial charge >= 0.3 is 5.97 Å². The molecule has 164 valence electrons. The zero-order valence-corrected chi connectivity index (χ0v) is 17.5. The maximum Gasteiger partial charge on any atom is 0.376 e. The molecule has 0 aliphatic heterocycles. The highest BCUT2D eigenvalue weighted by Gasteiger charge is 2.22. The van der Waals surface area contributed by atoms with Gasteiger partial charge in [-0.3, -0.25) is 15.0 Å². The Balaban J connectivity index is 1.99. The van der Waals surface area contributed by atoms with Crippen LogP contribution in [0.5, 0.6) is 5.75 Å². The van der Waals surface area contributed by atoms with Gasteiger partial charge in [-0.2, -0.15) is 0 Å². The fraction of sp³-hybridized carbons (Fsp3) is 0.273. The van der Waals surface area contributed by atoms with Crippen molar-refractivity contribution < 1.29 is 28.6 Å². The Kier molecular flexibility index (Phi) is 8.27. The Labute approximate surface area is 180 Å². The topological polar surface area (TPSA) is 141 Å². The van der Waals surface area contributed by atoms with Gasteiger partial charge in [0.2, 0.25) is 0 Å². The Morgan fingerprint density at radius 2 is 1.55 bits per heavy atom. The van der Waals surface area contributed by atoms with Gasteiger partial charge < -0.3 is 25.3 Å². The molecule has 0 aliphatic carbocycles. The smallest absolute Gasteiger partial charge is 0.376 e. The van der Waals surface area contributed by atoms with E-state index < -0.39 is 24.2 Å². The number of carbonyl (C=O) groups is 3. The Morgan fingerprint density at radius 1 is 1.00 bits per heavy atom. The molecule has 9 nitrogen and oxygen atoms in total. The third-order valence-corrected chi connectivity index (χ3v) is 4.27. The number of esters is 1. The molecule has 31 heavy (non-hydrogen) atoms. The maximum atomic E-state index is 12.6. The number of Topliss-reactive ketones (excluding diaryl/α,β-unsaturated/α-hetero) is 1. The summed E-state index contributed by atoms with van der Waals surface area (Å²) >= 11 is 0. The molecule has 0 saturated carbocycles. The van der Waals surface area contributed by atoms with Crippen LogP contribution in [0, 0.1) is 5.41 Å². The predicted molar refractivity (Wildman–Crippen MR) is 113 cm³/mol. The maximum absolute atomic E-state index is 12.6. The minimum absolute atomic E-state index is 0.0954. The third kappa shape index (κ3) is 6.38. The van der Waals surface area contributed by atoms with Crippen molar-refractivity contribution in [1.82, 2.24) is 5.32 Å². The lowest BCUT2D eigenvalue weighted by atomic mass is 10.0. The second-order valence-corrected chi connectivity index (χ2v) is 6.51. The lowest BCUT2D eigenvalue weighted by Gasteiger charge is -2.16. The lowest BCUT2D eigenvalue weighted by molar-refractivity contribution is -0.172. The van der Waals surface area contributed by atoms with Crippen LogP contribution in [0.4, 0.5) is 0 Å². The molecule has 9 heteroatoms. The van der Waals surface area contributed by atoms with Crippen LogP contribution >= 0.6 is 0 Å². The highest BCUT2D eigenvalue weighted by molar-refractivity contribution is 6.04. The highest BCUT2D eigenvalue weighted by atomic mass is 16.7. The standard InChI is InChI=1S/C22H25N3O6/c1-4-30-21(28)22(29-3)31-17-11-9-14(10-12-17)18(26)13(2)25-20(27)16-7-5-15(6-8-16)19(23)24/h5-13,22H,4H2,1-3H3,(H3,23,24)(H,25,27). The number of ether oxygens (including phenoxy) is 3. The summed E-state index contributed by atoms with van der Waals surface area (Å²) in [5.74, 6) is -1.15. The summed E-state index contributed by atoms with van der Waals surface area (Å²) in [6.45, 7) is 3.45. The van der Waals surface area contributed by atoms with Crippen molar-refractivity contribution in [1.29, 1.82) is 5.41 Å². The molecule has 2 atom stereocenters. The summed E-state index contributed by atoms with van der Waals surface area (Å²) in [5.41, 5.74) is 6.60. The van der Waals surface area contributed by atoms with Gasteiger partial charge in [-0.1, -0.05) is 12.1 Å². The molecule has 4 N–H and O–H groups in total. The van der Waals surface area contributed by atoms with Crippen molar-refractivity contribution in [2.45, 2.75) is 26.2 Å². The van der Waals surface area contributed by atoms with Gasteiger partial charge in [-0.25, -0.2) is 4.79 Å². The fourth-order valence-corrected chi connectivity index (χ4v) is 2.62. The molecule has 1 amide bonds. The van der Waals surface area contributed by atoms with E-state index in [4.69, 9.17) is 25.4 Å². The number of hydrogen-bond donors (Lipinski definition) is 3. The number of methoxy groups -OCH3 is 1. The molecule has 0 radical (unpaired) electrons. The summed E-state index contributed by atoms with van der Waals surface area (Å²) in [5, 5.41) is 10.0. The predicted octanol–water partition coefficient (Wildman–Crippen LogP) is 1.89. The molecule has 2 unspecified atom stereocenters. The number of ketones is 1. The van der Waals surface area contributed by atoms with Crippen molar-refractivity contribution in [2.75, 3.05) is 13.7 Å². The van der Waals surface area contributed by atoms with Crippen molar-refractivity contribution in [2.24, 2.45) is 5.73 Å². The van der Waals surface area contributed by atoms with Gasteiger partial charge in [-0.15, -0.1) is 0 Å². The van der Waals surface area contributed by atoms with Gasteiger partial charge in [0, 0.05) is 23.8 Å². The Morgan fingerprint density at radius 3 is 2.06 bits per heavy atom. The number of amides is 1. The number of benzene rings is 2. The van der Waals surface area contributed by atoms with Crippen LogP contribution < -0.4 is 15.8 Å². The van der Waals surface area contributed by atoms with E-state index >= 15 is 0 Å². The Hall–Kier alpha value is -3.72. The molecular weight excluding hydrogens is 402 g/mol. The molecule has 2 aromatic rings. The quantitative estimate of drug-likeness (QED) is 0.173. The van der Waals surface area contributed by atoms with E-state index in [1.54, 1.807) is 26.0 Å². The van der Waals surface area contributed by atoms with E-state index in [0.29, 0.717) is 22.4 Å². The first-order chi connectivity index (χ1) is 14.8. The number of nitrogens with two attached hydrogens (primary N) is 1. The molecule has 0 spiro atoms. The third-order valence-electron chi connectivity index (χ3n) is 4.27. The van der Waals surface area contributed by atoms with Gasteiger partial charge in [0.05, 0.1) is 12.6 Å². The Bertz CT molecular complexity index is 941. The number of nitrogens with one attached hydrogen (secondary N) is 2. The van der Waals surface area contributed by atoms with Crippen molar-refractivity contribution in [3.05, 3.63) is 65.2 Å². The van der Waals surface area contributed by atoms with Crippen LogP contribution in [0.2, 0.25) is 0 Å². The molecule has 0 heterocycles. The lowest BCUT2D eigenvalue weighted by Crippen LogP contribution is -2.38. The zero-order chi connectivity index (χ0) is 23.0. The van der Waals surface area contributed by atoms with E-state index in [1.807, 2.05) is 0 Å². The summed E-state index contributed by atoms with van der Waals surface area (Å²) in [6.07, 6.45) is -1.21. The van der Waals surface area contributed by atoms with Crippen molar-refractivity contribution >= 4 is 23.5 Å². The first-order valence-corrected chi connectivity index (χ1v) is 9.52. The van der Waals surface area contributed by atoms with E-state index in [2.05, 4.69) is 5.32 Å². The number of hydrogen-bond acceptors (Lipinski definition) is 7. The number of nitrogen functional groups attached to an aromatic ring is 1. The van der Waals surface area contributed by atoms with E-state index in [0.717, 1.165) is 0 Å². The fourth-order valence-electron chi connectivity index (χ4n) is 2.62. The van der Waals surface area contributed by atoms with E-state index in [-0.39, 0.29) is 18.2 Å². The summed E-state index contributed by atoms with van der Waals surface area (Å²) < 4.78 is 15.2. The van der Waals surface area contributed by atoms with Crippen molar-refractivity contribution in [3.63, 3.8) is 0 Å². The first kappa shape index (κ1) is 23.6. The van der Waals surface area contributed by atoms with Crippen LogP contribution in [-0.2, 0) is 14.3 Å². The number of amidine groups is 1. The minimum atomic E-state index is -1.21. The second-order valence-electron chi connectivity index (χ2n) is 6.51. The number of rotatable bonds is 10. The van der Waals surface area contributed by atoms with Gasteiger partial charge in [0.1, 0.15) is 11.6 Å². The normalized spacial score (nSPS) is 12.4. The van der Waals surface area contributed by atoms with Gasteiger partial charge in [0.25, 0.3) is 12.2 Å². The molecule has 0 saturated heterocycles. The van der Waals surface area contributed by atoms with Crippen molar-refractivity contribution in [3.8, 4) is 5.75 Å². The summed E-state index contributed by atoms with van der Waals surface area (Å²) in [4.78, 5) is 36.7. The molecule has 0 aromatic heterocycles. The summed E-state index contributed by atoms with van der Waals surface area (Å²) in [6, 6.07) is 11.5. The highest BCUT2D eigenvalue weighted by Crippen LogP contribution is 2.16. The summed E-state index contributed by atoms with van der Waals surface area (Å²) in [7, 11) is 1.32. The first-order valence-electron chi connectivity index (χ1n) is 9.52. The molecule has 0 bridgehead atoms. The molecule has 0 fully saturated rings. The SMILES string of the molecule is CCOC(=O)C(OC)Oc1ccc(C(=O)C(C)NC(=O)c2ccc(C(=N)N)cc2)cc1. The van der Waals surface area contributed by atoms with Gasteiger partial charge in [-0.05, 0) is 50.2 Å². The van der Waals surface area contributed by atoms with Crippen LogP contribution in [0.3, 0.4) is 0 Å². The minimum Gasteiger partial charge on any atom is -0.461 e. The van der Waals surface area contributed by atoms with Crippen LogP contribution in [0.15, 0.2) is 48.5 Å². The van der Waals surface area contributed by atoms with E-state index in [9.17, 15) is 14.4 Å². The average molecular weight is 427 g/mol. The van der Waals surface area contributed by atoms with Crippen LogP contribution in [0.1, 0.15) is 40.1 Å². The van der Waals surface area contributed by atoms with Gasteiger partial charge in [0.15, 0.2) is 5.78 Å². The second kappa shape index (κ2) is 10.9. The number of carbonyl (C=O) groups excluding carboxylic acids is 3. The van der Waals surface area contributed by atoms with Crippen LogP contribution in [0.25, 0.3) is 0 Å². The molecule has 2 rings (SSSR count). The molecule has 2 aromatic carbocycles. The van der Waals surface area contributed by atoms with E-state index in [1.165, 1.54) is 43.5 Å².